The van der Waals surface area contributed by atoms with Crippen LogP contribution >= 0.6 is 0 Å². The van der Waals surface area contributed by atoms with E-state index in [0.29, 0.717) is 25.7 Å². The van der Waals surface area contributed by atoms with Crippen molar-refractivity contribution in [2.75, 3.05) is 31.2 Å². The van der Waals surface area contributed by atoms with Gasteiger partial charge in [-0.25, -0.2) is 9.67 Å². The summed E-state index contributed by atoms with van der Waals surface area (Å²) >= 11 is 0. The summed E-state index contributed by atoms with van der Waals surface area (Å²) in [5.41, 5.74) is 4.10. The first-order valence-corrected chi connectivity index (χ1v) is 11.4. The van der Waals surface area contributed by atoms with Crippen LogP contribution in [0.25, 0.3) is 39.4 Å². The van der Waals surface area contributed by atoms with Gasteiger partial charge in [-0.05, 0) is 30.7 Å². The van der Waals surface area contributed by atoms with Gasteiger partial charge in [0, 0.05) is 49.2 Å². The molecule has 0 unspecified atom stereocenters. The van der Waals surface area contributed by atoms with E-state index in [9.17, 15) is 5.11 Å². The second-order valence-electron chi connectivity index (χ2n) is 8.16. The Hall–Kier alpha value is -3.89. The smallest absolute Gasteiger partial charge is 0.254 e. The number of aryl methyl sites for hydroxylation is 1. The topological polar surface area (TPSA) is 107 Å². The van der Waals surface area contributed by atoms with Gasteiger partial charge in [-0.15, -0.1) is 0 Å². The summed E-state index contributed by atoms with van der Waals surface area (Å²) in [5.74, 6) is 2.09. The number of hydrogen-bond acceptors (Lipinski definition) is 8. The minimum absolute atomic E-state index is 0.0279. The van der Waals surface area contributed by atoms with Crippen molar-refractivity contribution in [2.24, 2.45) is 0 Å². The van der Waals surface area contributed by atoms with Gasteiger partial charge in [-0.3, -0.25) is 4.98 Å². The standard InChI is InChI=1S/C24H24N8O2/c1-2-31-21(17-5-7-25-8-6-17)26-20-22(30-9-11-34-12-10-30)27-24(28-23(20)31)32-14-18-4-3-16(15-33)13-19(18)29-32/h3-8,13-14,33H,2,9-12,15H2,1H3. The molecule has 1 aromatic carbocycles. The zero-order valence-electron chi connectivity index (χ0n) is 18.8. The molecule has 5 aromatic rings. The van der Waals surface area contributed by atoms with Crippen LogP contribution in [0.15, 0.2) is 48.9 Å². The van der Waals surface area contributed by atoms with Crippen molar-refractivity contribution in [2.45, 2.75) is 20.1 Å². The predicted octanol–water partition coefficient (Wildman–Crippen LogP) is 2.58. The SMILES string of the molecule is CCn1c(-c2ccncc2)nc2c(N3CCOCC3)nc(-n3cc4ccc(CO)cc4n3)nc21. The summed E-state index contributed by atoms with van der Waals surface area (Å²) in [7, 11) is 0. The van der Waals surface area contributed by atoms with Gasteiger partial charge in [0.1, 0.15) is 5.82 Å². The Morgan fingerprint density at radius 1 is 1.03 bits per heavy atom. The molecule has 1 aliphatic rings. The van der Waals surface area contributed by atoms with Crippen LogP contribution in [-0.2, 0) is 17.9 Å². The van der Waals surface area contributed by atoms with Crippen LogP contribution in [0.2, 0.25) is 0 Å². The van der Waals surface area contributed by atoms with Crippen LogP contribution in [0.5, 0.6) is 0 Å². The molecular formula is C24H24N8O2. The molecule has 0 saturated carbocycles. The zero-order chi connectivity index (χ0) is 23.1. The van der Waals surface area contributed by atoms with Gasteiger partial charge >= 0.3 is 0 Å². The number of aliphatic hydroxyl groups is 1. The number of anilines is 1. The third-order valence-corrected chi connectivity index (χ3v) is 6.09. The molecule has 172 valence electrons. The van der Waals surface area contributed by atoms with Crippen molar-refractivity contribution in [3.8, 4) is 17.3 Å². The van der Waals surface area contributed by atoms with E-state index in [4.69, 9.17) is 24.8 Å². The highest BCUT2D eigenvalue weighted by Gasteiger charge is 2.24. The van der Waals surface area contributed by atoms with Gasteiger partial charge in [-0.2, -0.15) is 15.1 Å². The molecule has 5 heterocycles. The number of pyridine rings is 1. The third kappa shape index (κ3) is 3.47. The van der Waals surface area contributed by atoms with E-state index in [1.807, 2.05) is 36.5 Å². The molecule has 1 aliphatic heterocycles. The Balaban J connectivity index is 1.58. The Kier molecular flexibility index (Phi) is 5.16. The lowest BCUT2D eigenvalue weighted by Gasteiger charge is -2.28. The average Bonchev–Trinajstić information content (AvgIpc) is 3.50. The molecule has 0 spiro atoms. The van der Waals surface area contributed by atoms with Crippen molar-refractivity contribution >= 4 is 27.9 Å². The number of imidazole rings is 1. The van der Waals surface area contributed by atoms with Crippen molar-refractivity contribution in [1.29, 1.82) is 0 Å². The number of nitrogens with zero attached hydrogens (tertiary/aromatic N) is 8. The number of benzene rings is 1. The van der Waals surface area contributed by atoms with Gasteiger partial charge in [0.05, 0.1) is 25.3 Å². The molecule has 0 radical (unpaired) electrons. The van der Waals surface area contributed by atoms with Gasteiger partial charge in [0.25, 0.3) is 5.95 Å². The summed E-state index contributed by atoms with van der Waals surface area (Å²) in [6.07, 6.45) is 5.45. The molecule has 1 saturated heterocycles. The fourth-order valence-corrected chi connectivity index (χ4v) is 4.36. The third-order valence-electron chi connectivity index (χ3n) is 6.09. The average molecular weight is 457 g/mol. The number of hydrogen-bond donors (Lipinski definition) is 1. The summed E-state index contributed by atoms with van der Waals surface area (Å²) in [6, 6.07) is 9.63. The number of ether oxygens (including phenoxy) is 1. The van der Waals surface area contributed by atoms with Crippen LogP contribution in [0.3, 0.4) is 0 Å². The molecule has 10 nitrogen and oxygen atoms in total. The Morgan fingerprint density at radius 3 is 2.62 bits per heavy atom. The second-order valence-corrected chi connectivity index (χ2v) is 8.16. The highest BCUT2D eigenvalue weighted by molar-refractivity contribution is 5.88. The normalized spacial score (nSPS) is 14.4. The monoisotopic (exact) mass is 456 g/mol. The number of rotatable bonds is 5. The van der Waals surface area contributed by atoms with Crippen LogP contribution in [0.4, 0.5) is 5.82 Å². The predicted molar refractivity (Wildman–Crippen MR) is 128 cm³/mol. The molecule has 0 amide bonds. The quantitative estimate of drug-likeness (QED) is 0.430. The van der Waals surface area contributed by atoms with Gasteiger partial charge in [0.2, 0.25) is 0 Å². The lowest BCUT2D eigenvalue weighted by atomic mass is 10.2. The van der Waals surface area contributed by atoms with E-state index >= 15 is 0 Å². The fraction of sp³-hybridized carbons (Fsp3) is 0.292. The molecule has 4 aromatic heterocycles. The lowest BCUT2D eigenvalue weighted by molar-refractivity contribution is 0.122. The summed E-state index contributed by atoms with van der Waals surface area (Å²) in [5, 5.41) is 15.1. The number of aliphatic hydroxyl groups excluding tert-OH is 1. The lowest BCUT2D eigenvalue weighted by Crippen LogP contribution is -2.37. The van der Waals surface area contributed by atoms with Crippen molar-refractivity contribution in [3.05, 3.63) is 54.5 Å². The molecular weight excluding hydrogens is 432 g/mol. The molecule has 34 heavy (non-hydrogen) atoms. The van der Waals surface area contributed by atoms with E-state index in [2.05, 4.69) is 21.4 Å². The largest absolute Gasteiger partial charge is 0.392 e. The molecule has 0 atom stereocenters. The minimum atomic E-state index is -0.0279. The van der Waals surface area contributed by atoms with Crippen molar-refractivity contribution < 1.29 is 9.84 Å². The number of morpholine rings is 1. The van der Waals surface area contributed by atoms with E-state index in [-0.39, 0.29) is 6.61 Å². The van der Waals surface area contributed by atoms with Crippen molar-refractivity contribution in [3.63, 3.8) is 0 Å². The first-order valence-electron chi connectivity index (χ1n) is 11.4. The molecule has 1 N–H and O–H groups in total. The van der Waals surface area contributed by atoms with Crippen molar-refractivity contribution in [1.82, 2.24) is 34.3 Å². The van der Waals surface area contributed by atoms with Crippen LogP contribution in [0.1, 0.15) is 12.5 Å². The van der Waals surface area contributed by atoms with E-state index in [1.165, 1.54) is 0 Å². The molecule has 0 bridgehead atoms. The van der Waals surface area contributed by atoms with Gasteiger partial charge < -0.3 is 19.3 Å². The van der Waals surface area contributed by atoms with Gasteiger partial charge in [-0.1, -0.05) is 12.1 Å². The van der Waals surface area contributed by atoms with E-state index < -0.39 is 0 Å². The highest BCUT2D eigenvalue weighted by atomic mass is 16.5. The van der Waals surface area contributed by atoms with Crippen LogP contribution in [0, 0.1) is 0 Å². The maximum atomic E-state index is 9.49. The first kappa shape index (κ1) is 20.7. The summed E-state index contributed by atoms with van der Waals surface area (Å²) in [4.78, 5) is 21.2. The summed E-state index contributed by atoms with van der Waals surface area (Å²) in [6.45, 7) is 5.50. The van der Waals surface area contributed by atoms with Gasteiger partial charge in [0.15, 0.2) is 17.0 Å². The number of aromatic nitrogens is 7. The Bertz CT molecular complexity index is 1470. The fourth-order valence-electron chi connectivity index (χ4n) is 4.36. The molecule has 6 rings (SSSR count). The Morgan fingerprint density at radius 2 is 1.85 bits per heavy atom. The van der Waals surface area contributed by atoms with E-state index in [1.54, 1.807) is 17.1 Å². The molecule has 1 fully saturated rings. The second kappa shape index (κ2) is 8.47. The van der Waals surface area contributed by atoms with E-state index in [0.717, 1.165) is 57.9 Å². The maximum Gasteiger partial charge on any atom is 0.254 e. The Labute approximate surface area is 195 Å². The molecule has 0 aliphatic carbocycles. The first-order chi connectivity index (χ1) is 16.7. The number of fused-ring (bicyclic) bond motifs is 2. The zero-order valence-corrected chi connectivity index (χ0v) is 18.8. The maximum absolute atomic E-state index is 9.49. The minimum Gasteiger partial charge on any atom is -0.392 e. The summed E-state index contributed by atoms with van der Waals surface area (Å²) < 4.78 is 9.38. The van der Waals surface area contributed by atoms with Crippen LogP contribution in [-0.4, -0.2) is 65.7 Å². The highest BCUT2D eigenvalue weighted by Crippen LogP contribution is 2.30. The van der Waals surface area contributed by atoms with Crippen LogP contribution < -0.4 is 4.90 Å². The molecule has 10 heteroatoms.